The maximum absolute atomic E-state index is 13.0. The quantitative estimate of drug-likeness (QED) is 0.532. The third-order valence-electron chi connectivity index (χ3n) is 6.20. The van der Waals surface area contributed by atoms with Crippen molar-refractivity contribution in [3.05, 3.63) is 46.8 Å². The molecule has 3 aromatic heterocycles. The number of nitrogens with one attached hydrogen (secondary N) is 1. The van der Waals surface area contributed by atoms with Crippen LogP contribution in [0.2, 0.25) is 0 Å². The number of fused-ring (bicyclic) bond motifs is 1. The zero-order valence-corrected chi connectivity index (χ0v) is 22.8. The van der Waals surface area contributed by atoms with E-state index in [1.165, 1.54) is 21.3 Å². The monoisotopic (exact) mass is 531 g/mol. The van der Waals surface area contributed by atoms with E-state index in [0.29, 0.717) is 59.7 Å². The largest absolute Gasteiger partial charge is 0.459 e. The van der Waals surface area contributed by atoms with Crippen molar-refractivity contribution in [1.82, 2.24) is 18.8 Å². The minimum absolute atomic E-state index is 0.0242. The number of amides is 1. The smallest absolute Gasteiger partial charge is 0.412 e. The summed E-state index contributed by atoms with van der Waals surface area (Å²) in [7, 11) is -1.59. The van der Waals surface area contributed by atoms with Crippen molar-refractivity contribution in [2.75, 3.05) is 31.2 Å². The van der Waals surface area contributed by atoms with Crippen LogP contribution in [0.1, 0.15) is 33.5 Å². The second kappa shape index (κ2) is 9.92. The fraction of sp³-hybridized carbons (Fsp3) is 0.480. The van der Waals surface area contributed by atoms with Gasteiger partial charge in [0.15, 0.2) is 0 Å². The third-order valence-corrected chi connectivity index (χ3v) is 7.47. The van der Waals surface area contributed by atoms with Crippen LogP contribution in [0.4, 0.5) is 10.5 Å². The molecule has 1 fully saturated rings. The fourth-order valence-electron chi connectivity index (χ4n) is 4.41. The summed E-state index contributed by atoms with van der Waals surface area (Å²) in [5.41, 5.74) is 1.18. The summed E-state index contributed by atoms with van der Waals surface area (Å²) in [5, 5.41) is 3.16. The van der Waals surface area contributed by atoms with Gasteiger partial charge in [0.2, 0.25) is 10.0 Å². The number of piperazine rings is 1. The molecule has 0 saturated carbocycles. The molecule has 37 heavy (non-hydrogen) atoms. The van der Waals surface area contributed by atoms with E-state index in [9.17, 15) is 18.0 Å². The number of nitrogens with zero attached hydrogens (tertiary/aromatic N) is 4. The lowest BCUT2D eigenvalue weighted by Gasteiger charge is -2.38. The summed E-state index contributed by atoms with van der Waals surface area (Å²) >= 11 is 0. The number of carbonyl (C=O) groups is 1. The molecule has 0 unspecified atom stereocenters. The van der Waals surface area contributed by atoms with Crippen molar-refractivity contribution in [2.45, 2.75) is 45.9 Å². The Morgan fingerprint density at radius 1 is 1.27 bits per heavy atom. The van der Waals surface area contributed by atoms with Gasteiger partial charge in [-0.1, -0.05) is 0 Å². The summed E-state index contributed by atoms with van der Waals surface area (Å²) < 4.78 is 38.4. The summed E-state index contributed by atoms with van der Waals surface area (Å²) in [6, 6.07) is 3.45. The molecule has 11 nitrogen and oxygen atoms in total. The SMILES string of the molecule is C[C@@H]1CN(S(C)(=O)=O)CCN1Cc1cc2c(=O)n(C)cc(-c3ccncc3NC(=O)OC(C)(C)C)c2o1. The fourth-order valence-corrected chi connectivity index (χ4v) is 5.31. The molecule has 1 saturated heterocycles. The molecule has 0 bridgehead atoms. The first-order valence-electron chi connectivity index (χ1n) is 12.0. The first-order valence-corrected chi connectivity index (χ1v) is 13.8. The van der Waals surface area contributed by atoms with Gasteiger partial charge >= 0.3 is 6.09 Å². The predicted octanol–water partition coefficient (Wildman–Crippen LogP) is 3.01. The number of carbonyl (C=O) groups excluding carboxylic acids is 1. The number of hydrogen-bond donors (Lipinski definition) is 1. The number of anilines is 1. The number of ether oxygens (including phenoxy) is 1. The Hall–Kier alpha value is -3.22. The molecule has 3 aromatic rings. The van der Waals surface area contributed by atoms with Crippen LogP contribution in [-0.4, -0.2) is 70.8 Å². The van der Waals surface area contributed by atoms with Gasteiger partial charge in [-0.3, -0.25) is 20.0 Å². The number of aryl methyl sites for hydroxylation is 1. The van der Waals surface area contributed by atoms with Gasteiger partial charge in [0.25, 0.3) is 5.56 Å². The van der Waals surface area contributed by atoms with Gasteiger partial charge in [0.05, 0.1) is 30.1 Å². The van der Waals surface area contributed by atoms with Gasteiger partial charge in [-0.25, -0.2) is 13.2 Å². The van der Waals surface area contributed by atoms with Crippen LogP contribution < -0.4 is 10.9 Å². The van der Waals surface area contributed by atoms with Crippen molar-refractivity contribution < 1.29 is 22.4 Å². The van der Waals surface area contributed by atoms with Crippen LogP contribution in [0.3, 0.4) is 0 Å². The zero-order chi connectivity index (χ0) is 27.1. The van der Waals surface area contributed by atoms with Gasteiger partial charge < -0.3 is 13.7 Å². The molecular weight excluding hydrogens is 498 g/mol. The van der Waals surface area contributed by atoms with Crippen LogP contribution >= 0.6 is 0 Å². The second-order valence-corrected chi connectivity index (χ2v) is 12.4. The number of hydrogen-bond acceptors (Lipinski definition) is 8. The standard InChI is InChI=1S/C25H33N5O6S/c1-16-13-30(37(6,33)34)10-9-29(16)14-17-11-19-22(35-17)20(15-28(5)23(19)31)18-7-8-26-12-21(18)27-24(32)36-25(2,3)4/h7-8,11-12,15-16H,9-10,13-14H2,1-6H3,(H,27,32)/t16-/m1/s1. The lowest BCUT2D eigenvalue weighted by molar-refractivity contribution is 0.0636. The number of sulfonamides is 1. The normalized spacial score (nSPS) is 17.7. The number of rotatable bonds is 5. The van der Waals surface area contributed by atoms with E-state index in [1.807, 2.05) is 6.92 Å². The highest BCUT2D eigenvalue weighted by Crippen LogP contribution is 2.34. The van der Waals surface area contributed by atoms with Crippen LogP contribution in [0.15, 0.2) is 39.9 Å². The molecule has 0 spiro atoms. The number of aromatic nitrogens is 2. The van der Waals surface area contributed by atoms with E-state index in [4.69, 9.17) is 9.15 Å². The Balaban J connectivity index is 1.68. The number of pyridine rings is 2. The zero-order valence-electron chi connectivity index (χ0n) is 21.9. The van der Waals surface area contributed by atoms with E-state index in [0.717, 1.165) is 0 Å². The van der Waals surface area contributed by atoms with Crippen molar-refractivity contribution in [3.63, 3.8) is 0 Å². The molecule has 1 amide bonds. The highest BCUT2D eigenvalue weighted by atomic mass is 32.2. The highest BCUT2D eigenvalue weighted by molar-refractivity contribution is 7.88. The predicted molar refractivity (Wildman–Crippen MR) is 141 cm³/mol. The van der Waals surface area contributed by atoms with Gasteiger partial charge in [-0.2, -0.15) is 4.31 Å². The second-order valence-electron chi connectivity index (χ2n) is 10.4. The molecule has 0 radical (unpaired) electrons. The van der Waals surface area contributed by atoms with Crippen molar-refractivity contribution >= 4 is 32.8 Å². The van der Waals surface area contributed by atoms with Crippen molar-refractivity contribution in [3.8, 4) is 11.1 Å². The van der Waals surface area contributed by atoms with E-state index in [2.05, 4.69) is 15.2 Å². The molecule has 1 aliphatic rings. The summed E-state index contributed by atoms with van der Waals surface area (Å²) in [5.74, 6) is 0.593. The van der Waals surface area contributed by atoms with Crippen LogP contribution in [0.25, 0.3) is 22.1 Å². The maximum atomic E-state index is 13.0. The molecule has 4 heterocycles. The van der Waals surface area contributed by atoms with Crippen LogP contribution in [0, 0.1) is 0 Å². The maximum Gasteiger partial charge on any atom is 0.412 e. The first-order chi connectivity index (χ1) is 17.2. The lowest BCUT2D eigenvalue weighted by atomic mass is 10.1. The Kier molecular flexibility index (Phi) is 7.19. The van der Waals surface area contributed by atoms with Crippen LogP contribution in [0.5, 0.6) is 0 Å². The summed E-state index contributed by atoms with van der Waals surface area (Å²) in [6.45, 7) is 9.06. The van der Waals surface area contributed by atoms with Gasteiger partial charge in [0, 0.05) is 56.2 Å². The Bertz CT molecular complexity index is 1490. The average Bonchev–Trinajstić information content (AvgIpc) is 3.20. The van der Waals surface area contributed by atoms with E-state index < -0.39 is 21.7 Å². The molecule has 12 heteroatoms. The molecule has 1 atom stereocenters. The molecule has 0 aromatic carbocycles. The molecule has 200 valence electrons. The minimum Gasteiger partial charge on any atom is -0.459 e. The van der Waals surface area contributed by atoms with Crippen LogP contribution in [-0.2, 0) is 28.4 Å². The summed E-state index contributed by atoms with van der Waals surface area (Å²) in [4.78, 5) is 31.7. The highest BCUT2D eigenvalue weighted by Gasteiger charge is 2.29. The van der Waals surface area contributed by atoms with Crippen molar-refractivity contribution in [1.29, 1.82) is 0 Å². The Labute approximate surface area is 216 Å². The Morgan fingerprint density at radius 2 is 2.00 bits per heavy atom. The topological polar surface area (TPSA) is 127 Å². The van der Waals surface area contributed by atoms with Gasteiger partial charge in [0.1, 0.15) is 16.9 Å². The summed E-state index contributed by atoms with van der Waals surface area (Å²) in [6.07, 6.45) is 5.38. The van der Waals surface area contributed by atoms with E-state index >= 15 is 0 Å². The molecular formula is C25H33N5O6S. The van der Waals surface area contributed by atoms with Gasteiger partial charge in [-0.05, 0) is 39.8 Å². The molecule has 0 aliphatic carbocycles. The first kappa shape index (κ1) is 26.8. The van der Waals surface area contributed by atoms with Crippen molar-refractivity contribution in [2.24, 2.45) is 7.05 Å². The number of furan rings is 1. The Morgan fingerprint density at radius 3 is 2.65 bits per heavy atom. The van der Waals surface area contributed by atoms with E-state index in [-0.39, 0.29) is 11.6 Å². The third kappa shape index (κ3) is 6.03. The molecule has 1 aliphatic heterocycles. The van der Waals surface area contributed by atoms with Gasteiger partial charge in [-0.15, -0.1) is 0 Å². The molecule has 1 N–H and O–H groups in total. The average molecular weight is 532 g/mol. The van der Waals surface area contributed by atoms with E-state index in [1.54, 1.807) is 52.3 Å². The minimum atomic E-state index is -3.25. The molecule has 4 rings (SSSR count). The lowest BCUT2D eigenvalue weighted by Crippen LogP contribution is -2.52.